The molecule has 0 saturated carbocycles. The third kappa shape index (κ3) is 2.75. The molecular formula is C17H25BrN2. The molecule has 2 nitrogen and oxygen atoms in total. The van der Waals surface area contributed by atoms with Gasteiger partial charge in [-0.3, -0.25) is 0 Å². The van der Waals surface area contributed by atoms with Gasteiger partial charge in [-0.25, -0.2) is 0 Å². The van der Waals surface area contributed by atoms with Crippen molar-refractivity contribution in [2.75, 3.05) is 11.4 Å². The third-order valence-electron chi connectivity index (χ3n) is 4.87. The second kappa shape index (κ2) is 6.07. The Labute approximate surface area is 131 Å². The van der Waals surface area contributed by atoms with Gasteiger partial charge >= 0.3 is 0 Å². The molecule has 20 heavy (non-hydrogen) atoms. The Bertz CT molecular complexity index is 460. The van der Waals surface area contributed by atoms with Crippen LogP contribution in [0.4, 0.5) is 5.69 Å². The summed E-state index contributed by atoms with van der Waals surface area (Å²) in [5, 5.41) is 3.73. The first-order valence-electron chi connectivity index (χ1n) is 7.97. The molecule has 2 bridgehead atoms. The van der Waals surface area contributed by atoms with E-state index in [1.165, 1.54) is 54.4 Å². The van der Waals surface area contributed by atoms with Crippen LogP contribution < -0.4 is 10.2 Å². The van der Waals surface area contributed by atoms with Crippen LogP contribution in [-0.2, 0) is 0 Å². The summed E-state index contributed by atoms with van der Waals surface area (Å²) in [7, 11) is 0. The van der Waals surface area contributed by atoms with Gasteiger partial charge in [0, 0.05) is 28.3 Å². The van der Waals surface area contributed by atoms with E-state index >= 15 is 0 Å². The van der Waals surface area contributed by atoms with Crippen molar-refractivity contribution in [1.82, 2.24) is 5.32 Å². The molecule has 0 amide bonds. The minimum Gasteiger partial charge on any atom is -0.365 e. The summed E-state index contributed by atoms with van der Waals surface area (Å²) in [6.07, 6.45) is 6.58. The Hall–Kier alpha value is -0.540. The molecule has 1 aromatic carbocycles. The normalized spacial score (nSPS) is 28.9. The number of benzene rings is 1. The Morgan fingerprint density at radius 2 is 1.95 bits per heavy atom. The first kappa shape index (κ1) is 14.4. The fourth-order valence-electron chi connectivity index (χ4n) is 3.95. The van der Waals surface area contributed by atoms with E-state index in [2.05, 4.69) is 58.2 Å². The van der Waals surface area contributed by atoms with Crippen molar-refractivity contribution in [3.05, 3.63) is 28.2 Å². The molecule has 1 N–H and O–H groups in total. The monoisotopic (exact) mass is 336 g/mol. The van der Waals surface area contributed by atoms with Crippen molar-refractivity contribution in [3.8, 4) is 0 Å². The average Bonchev–Trinajstić information content (AvgIpc) is 2.70. The average molecular weight is 337 g/mol. The van der Waals surface area contributed by atoms with Crippen molar-refractivity contribution in [1.29, 1.82) is 0 Å². The predicted molar refractivity (Wildman–Crippen MR) is 89.5 cm³/mol. The van der Waals surface area contributed by atoms with E-state index in [4.69, 9.17) is 0 Å². The number of anilines is 1. The number of nitrogens with zero attached hydrogens (tertiary/aromatic N) is 1. The van der Waals surface area contributed by atoms with E-state index in [0.717, 1.165) is 18.1 Å². The molecule has 1 aromatic rings. The predicted octanol–water partition coefficient (Wildman–Crippen LogP) is 4.26. The lowest BCUT2D eigenvalue weighted by Gasteiger charge is -2.41. The van der Waals surface area contributed by atoms with Gasteiger partial charge in [0.2, 0.25) is 0 Å². The van der Waals surface area contributed by atoms with Crippen LogP contribution in [-0.4, -0.2) is 24.7 Å². The number of piperidine rings is 1. The van der Waals surface area contributed by atoms with Gasteiger partial charge < -0.3 is 10.2 Å². The zero-order valence-electron chi connectivity index (χ0n) is 12.5. The highest BCUT2D eigenvalue weighted by Crippen LogP contribution is 2.41. The quantitative estimate of drug-likeness (QED) is 0.883. The Morgan fingerprint density at radius 1 is 1.25 bits per heavy atom. The lowest BCUT2D eigenvalue weighted by molar-refractivity contribution is 0.356. The molecule has 3 heteroatoms. The minimum atomic E-state index is 0.733. The Morgan fingerprint density at radius 3 is 2.60 bits per heavy atom. The fraction of sp³-hybridized carbons (Fsp3) is 0.647. The van der Waals surface area contributed by atoms with Gasteiger partial charge in [-0.15, -0.1) is 0 Å². The molecule has 3 rings (SSSR count). The first-order valence-corrected chi connectivity index (χ1v) is 8.76. The Kier molecular flexibility index (Phi) is 4.37. The molecule has 2 unspecified atom stereocenters. The number of nitrogens with one attached hydrogen (secondary N) is 1. The molecule has 2 aliphatic rings. The standard InChI is InChI=1S/C17H25BrN2/c1-3-8-19-14-10-15-6-7-16(11-14)20(15)17-9-13(18)5-4-12(17)2/h4-5,9,14-16,19H,3,6-8,10-11H2,1-2H3. The van der Waals surface area contributed by atoms with Crippen LogP contribution >= 0.6 is 15.9 Å². The van der Waals surface area contributed by atoms with Gasteiger partial charge in [0.1, 0.15) is 0 Å². The van der Waals surface area contributed by atoms with Gasteiger partial charge in [-0.1, -0.05) is 28.9 Å². The summed E-state index contributed by atoms with van der Waals surface area (Å²) < 4.78 is 1.20. The second-order valence-electron chi connectivity index (χ2n) is 6.35. The van der Waals surface area contributed by atoms with Gasteiger partial charge in [-0.05, 0) is 63.3 Å². The van der Waals surface area contributed by atoms with Gasteiger partial charge in [-0.2, -0.15) is 0 Å². The molecule has 0 radical (unpaired) electrons. The minimum absolute atomic E-state index is 0.733. The molecule has 2 aliphatic heterocycles. The van der Waals surface area contributed by atoms with Gasteiger partial charge in [0.25, 0.3) is 0 Å². The van der Waals surface area contributed by atoms with Crippen LogP contribution in [0.1, 0.15) is 44.6 Å². The molecule has 2 saturated heterocycles. The van der Waals surface area contributed by atoms with Crippen molar-refractivity contribution >= 4 is 21.6 Å². The van der Waals surface area contributed by atoms with E-state index in [1.807, 2.05) is 0 Å². The molecule has 0 spiro atoms. The lowest BCUT2D eigenvalue weighted by Crippen LogP contribution is -2.49. The zero-order chi connectivity index (χ0) is 14.1. The number of halogens is 1. The van der Waals surface area contributed by atoms with Gasteiger partial charge in [0.15, 0.2) is 0 Å². The zero-order valence-corrected chi connectivity index (χ0v) is 14.1. The third-order valence-corrected chi connectivity index (χ3v) is 5.36. The molecule has 2 heterocycles. The summed E-state index contributed by atoms with van der Waals surface area (Å²) in [6.45, 7) is 5.66. The van der Waals surface area contributed by atoms with Crippen molar-refractivity contribution < 1.29 is 0 Å². The summed E-state index contributed by atoms with van der Waals surface area (Å²) in [4.78, 5) is 2.71. The second-order valence-corrected chi connectivity index (χ2v) is 7.26. The van der Waals surface area contributed by atoms with Crippen molar-refractivity contribution in [2.24, 2.45) is 0 Å². The smallest absolute Gasteiger partial charge is 0.0412 e. The largest absolute Gasteiger partial charge is 0.365 e. The van der Waals surface area contributed by atoms with E-state index < -0.39 is 0 Å². The van der Waals surface area contributed by atoms with E-state index in [-0.39, 0.29) is 0 Å². The van der Waals surface area contributed by atoms with Crippen LogP contribution in [0.25, 0.3) is 0 Å². The summed E-state index contributed by atoms with van der Waals surface area (Å²) >= 11 is 3.63. The van der Waals surface area contributed by atoms with E-state index in [0.29, 0.717) is 0 Å². The summed E-state index contributed by atoms with van der Waals surface area (Å²) in [5.74, 6) is 0. The molecule has 0 aromatic heterocycles. The van der Waals surface area contributed by atoms with E-state index in [1.54, 1.807) is 0 Å². The van der Waals surface area contributed by atoms with Crippen LogP contribution in [0.2, 0.25) is 0 Å². The summed E-state index contributed by atoms with van der Waals surface area (Å²) in [6, 6.07) is 8.89. The van der Waals surface area contributed by atoms with Crippen LogP contribution in [0.3, 0.4) is 0 Å². The number of hydrogen-bond acceptors (Lipinski definition) is 2. The first-order chi connectivity index (χ1) is 9.69. The highest BCUT2D eigenvalue weighted by Gasteiger charge is 2.40. The molecule has 110 valence electrons. The number of aryl methyl sites for hydroxylation is 1. The maximum Gasteiger partial charge on any atom is 0.0412 e. The number of hydrogen-bond donors (Lipinski definition) is 1. The molecule has 2 fully saturated rings. The topological polar surface area (TPSA) is 15.3 Å². The maximum atomic E-state index is 3.73. The number of fused-ring (bicyclic) bond motifs is 2. The van der Waals surface area contributed by atoms with Crippen LogP contribution in [0.15, 0.2) is 22.7 Å². The maximum absolute atomic E-state index is 3.73. The molecule has 2 atom stereocenters. The number of rotatable bonds is 4. The van der Waals surface area contributed by atoms with Crippen LogP contribution in [0.5, 0.6) is 0 Å². The van der Waals surface area contributed by atoms with Crippen molar-refractivity contribution in [2.45, 2.75) is 64.1 Å². The Balaban J connectivity index is 1.78. The lowest BCUT2D eigenvalue weighted by atomic mass is 9.95. The SMILES string of the molecule is CCCNC1CC2CCC(C1)N2c1cc(Br)ccc1C. The molecular weight excluding hydrogens is 312 g/mol. The molecule has 0 aliphatic carbocycles. The van der Waals surface area contributed by atoms with Crippen LogP contribution in [0, 0.1) is 6.92 Å². The highest BCUT2D eigenvalue weighted by molar-refractivity contribution is 9.10. The summed E-state index contributed by atoms with van der Waals surface area (Å²) in [5.41, 5.74) is 2.85. The van der Waals surface area contributed by atoms with Gasteiger partial charge in [0.05, 0.1) is 0 Å². The van der Waals surface area contributed by atoms with E-state index in [9.17, 15) is 0 Å². The highest BCUT2D eigenvalue weighted by atomic mass is 79.9. The fourth-order valence-corrected chi connectivity index (χ4v) is 4.30. The van der Waals surface area contributed by atoms with Crippen molar-refractivity contribution in [3.63, 3.8) is 0 Å².